The van der Waals surface area contributed by atoms with E-state index < -0.39 is 5.97 Å². The van der Waals surface area contributed by atoms with Crippen LogP contribution in [0, 0.1) is 20.8 Å². The maximum absolute atomic E-state index is 10.3. The van der Waals surface area contributed by atoms with Crippen LogP contribution in [0.2, 0.25) is 0 Å². The lowest BCUT2D eigenvalue weighted by Gasteiger charge is -2.10. The summed E-state index contributed by atoms with van der Waals surface area (Å²) in [6, 6.07) is 4.40. The topological polar surface area (TPSA) is 49.3 Å². The molecule has 0 aliphatic rings. The number of hydrogen-bond donors (Lipinski definition) is 2. The van der Waals surface area contributed by atoms with Crippen LogP contribution < -0.4 is 5.32 Å². The molecule has 2 N–H and O–H groups in total. The fourth-order valence-electron chi connectivity index (χ4n) is 1.80. The summed E-state index contributed by atoms with van der Waals surface area (Å²) in [7, 11) is 0. The standard InChI is InChI=1S/C14H21NO2/c1-10-7-12(3)13(8-11(10)2)9-15-6-4-5-14(16)17/h7-8,15H,4-6,9H2,1-3H3,(H,16,17). The van der Waals surface area contributed by atoms with Gasteiger partial charge in [0.2, 0.25) is 0 Å². The zero-order valence-corrected chi connectivity index (χ0v) is 10.8. The Morgan fingerprint density at radius 1 is 1.18 bits per heavy atom. The summed E-state index contributed by atoms with van der Waals surface area (Å²) in [4.78, 5) is 10.3. The van der Waals surface area contributed by atoms with Gasteiger partial charge in [0, 0.05) is 13.0 Å². The van der Waals surface area contributed by atoms with Crippen molar-refractivity contribution in [2.75, 3.05) is 6.54 Å². The third-order valence-corrected chi connectivity index (χ3v) is 3.01. The molecule has 0 heterocycles. The van der Waals surface area contributed by atoms with Gasteiger partial charge in [-0.3, -0.25) is 4.79 Å². The Balaban J connectivity index is 2.41. The second-order valence-electron chi connectivity index (χ2n) is 4.54. The average molecular weight is 235 g/mol. The van der Waals surface area contributed by atoms with E-state index in [1.54, 1.807) is 0 Å². The Bertz CT molecular complexity index is 399. The summed E-state index contributed by atoms with van der Waals surface area (Å²) in [5, 5.41) is 11.8. The van der Waals surface area contributed by atoms with Gasteiger partial charge in [0.15, 0.2) is 0 Å². The maximum Gasteiger partial charge on any atom is 0.303 e. The third kappa shape index (κ3) is 4.57. The van der Waals surface area contributed by atoms with E-state index in [4.69, 9.17) is 5.11 Å². The molecule has 0 bridgehead atoms. The van der Waals surface area contributed by atoms with Crippen LogP contribution >= 0.6 is 0 Å². The predicted molar refractivity (Wildman–Crippen MR) is 69.2 cm³/mol. The number of carbonyl (C=O) groups is 1. The Hall–Kier alpha value is -1.35. The van der Waals surface area contributed by atoms with Crippen molar-refractivity contribution in [3.8, 4) is 0 Å². The summed E-state index contributed by atoms with van der Waals surface area (Å²) in [6.45, 7) is 7.90. The van der Waals surface area contributed by atoms with Crippen molar-refractivity contribution < 1.29 is 9.90 Å². The van der Waals surface area contributed by atoms with E-state index in [1.807, 2.05) is 0 Å². The second-order valence-corrected chi connectivity index (χ2v) is 4.54. The van der Waals surface area contributed by atoms with Gasteiger partial charge < -0.3 is 10.4 Å². The van der Waals surface area contributed by atoms with E-state index in [0.717, 1.165) is 13.1 Å². The second kappa shape index (κ2) is 6.40. The van der Waals surface area contributed by atoms with E-state index in [9.17, 15) is 4.79 Å². The van der Waals surface area contributed by atoms with Crippen LogP contribution in [0.1, 0.15) is 35.1 Å². The highest BCUT2D eigenvalue weighted by molar-refractivity contribution is 5.66. The molecule has 0 saturated heterocycles. The summed E-state index contributed by atoms with van der Waals surface area (Å²) < 4.78 is 0. The van der Waals surface area contributed by atoms with Crippen LogP contribution in [0.3, 0.4) is 0 Å². The number of carboxylic acid groups (broad SMARTS) is 1. The van der Waals surface area contributed by atoms with Gasteiger partial charge in [-0.25, -0.2) is 0 Å². The highest BCUT2D eigenvalue weighted by Gasteiger charge is 2.02. The molecule has 0 saturated carbocycles. The number of hydrogen-bond acceptors (Lipinski definition) is 2. The minimum absolute atomic E-state index is 0.235. The number of rotatable bonds is 6. The van der Waals surface area contributed by atoms with E-state index in [0.29, 0.717) is 6.42 Å². The van der Waals surface area contributed by atoms with Crippen molar-refractivity contribution in [1.29, 1.82) is 0 Å². The molecule has 0 radical (unpaired) electrons. The highest BCUT2D eigenvalue weighted by atomic mass is 16.4. The van der Waals surface area contributed by atoms with Gasteiger partial charge >= 0.3 is 5.97 Å². The number of aliphatic carboxylic acids is 1. The molecule has 1 aromatic rings. The zero-order valence-electron chi connectivity index (χ0n) is 10.8. The minimum Gasteiger partial charge on any atom is -0.481 e. The van der Waals surface area contributed by atoms with Gasteiger partial charge in [-0.15, -0.1) is 0 Å². The molecule has 0 unspecified atom stereocenters. The molecule has 0 atom stereocenters. The number of nitrogens with one attached hydrogen (secondary N) is 1. The smallest absolute Gasteiger partial charge is 0.303 e. The quantitative estimate of drug-likeness (QED) is 0.745. The Morgan fingerprint density at radius 2 is 1.82 bits per heavy atom. The van der Waals surface area contributed by atoms with E-state index in [-0.39, 0.29) is 6.42 Å². The summed E-state index contributed by atoms with van der Waals surface area (Å²) >= 11 is 0. The molecule has 3 nitrogen and oxygen atoms in total. The lowest BCUT2D eigenvalue weighted by Crippen LogP contribution is -2.16. The largest absolute Gasteiger partial charge is 0.481 e. The fraction of sp³-hybridized carbons (Fsp3) is 0.500. The maximum atomic E-state index is 10.3. The number of carboxylic acids is 1. The first-order valence-electron chi connectivity index (χ1n) is 6.00. The van der Waals surface area contributed by atoms with E-state index in [1.165, 1.54) is 22.3 Å². The molecule has 0 aliphatic heterocycles. The van der Waals surface area contributed by atoms with Crippen LogP contribution in [0.5, 0.6) is 0 Å². The first-order chi connectivity index (χ1) is 8.00. The molecule has 94 valence electrons. The molecular weight excluding hydrogens is 214 g/mol. The molecular formula is C14H21NO2. The Labute approximate surface area is 103 Å². The summed E-state index contributed by atoms with van der Waals surface area (Å²) in [5.74, 6) is -0.728. The van der Waals surface area contributed by atoms with Crippen molar-refractivity contribution in [1.82, 2.24) is 5.32 Å². The van der Waals surface area contributed by atoms with Crippen LogP contribution in [0.25, 0.3) is 0 Å². The van der Waals surface area contributed by atoms with E-state index in [2.05, 4.69) is 38.2 Å². The van der Waals surface area contributed by atoms with Gasteiger partial charge in [-0.05, 0) is 56.0 Å². The van der Waals surface area contributed by atoms with Crippen molar-refractivity contribution in [2.45, 2.75) is 40.2 Å². The molecule has 17 heavy (non-hydrogen) atoms. The minimum atomic E-state index is -0.728. The first-order valence-corrected chi connectivity index (χ1v) is 6.00. The number of aryl methyl sites for hydroxylation is 3. The highest BCUT2D eigenvalue weighted by Crippen LogP contribution is 2.14. The van der Waals surface area contributed by atoms with Crippen LogP contribution in [0.15, 0.2) is 12.1 Å². The first kappa shape index (κ1) is 13.7. The number of benzene rings is 1. The van der Waals surface area contributed by atoms with Crippen molar-refractivity contribution in [3.63, 3.8) is 0 Å². The normalized spacial score (nSPS) is 10.5. The van der Waals surface area contributed by atoms with Gasteiger partial charge in [0.1, 0.15) is 0 Å². The average Bonchev–Trinajstić information content (AvgIpc) is 2.24. The molecule has 0 fully saturated rings. The van der Waals surface area contributed by atoms with E-state index >= 15 is 0 Å². The van der Waals surface area contributed by atoms with Crippen molar-refractivity contribution >= 4 is 5.97 Å². The predicted octanol–water partition coefficient (Wildman–Crippen LogP) is 2.57. The fourth-order valence-corrected chi connectivity index (χ4v) is 1.80. The lowest BCUT2D eigenvalue weighted by atomic mass is 10.0. The van der Waals surface area contributed by atoms with Crippen LogP contribution in [-0.4, -0.2) is 17.6 Å². The Morgan fingerprint density at radius 3 is 2.47 bits per heavy atom. The zero-order chi connectivity index (χ0) is 12.8. The molecule has 1 rings (SSSR count). The summed E-state index contributed by atoms with van der Waals surface area (Å²) in [6.07, 6.45) is 0.915. The SMILES string of the molecule is Cc1cc(C)c(CNCCCC(=O)O)cc1C. The van der Waals surface area contributed by atoms with Gasteiger partial charge in [0.25, 0.3) is 0 Å². The molecule has 3 heteroatoms. The van der Waals surface area contributed by atoms with Gasteiger partial charge in [-0.2, -0.15) is 0 Å². The monoisotopic (exact) mass is 235 g/mol. The van der Waals surface area contributed by atoms with Crippen LogP contribution in [0.4, 0.5) is 0 Å². The molecule has 0 aliphatic carbocycles. The van der Waals surface area contributed by atoms with Gasteiger partial charge in [-0.1, -0.05) is 12.1 Å². The van der Waals surface area contributed by atoms with Gasteiger partial charge in [0.05, 0.1) is 0 Å². The van der Waals surface area contributed by atoms with Crippen molar-refractivity contribution in [2.24, 2.45) is 0 Å². The molecule has 0 amide bonds. The molecule has 1 aromatic carbocycles. The molecule has 0 spiro atoms. The lowest BCUT2D eigenvalue weighted by molar-refractivity contribution is -0.137. The molecule has 0 aromatic heterocycles. The Kier molecular flexibility index (Phi) is 5.16. The van der Waals surface area contributed by atoms with Crippen molar-refractivity contribution in [3.05, 3.63) is 34.4 Å². The third-order valence-electron chi connectivity index (χ3n) is 3.01. The van der Waals surface area contributed by atoms with Crippen LogP contribution in [-0.2, 0) is 11.3 Å². The summed E-state index contributed by atoms with van der Waals surface area (Å²) in [5.41, 5.74) is 5.21.